The average molecular weight is 298 g/mol. The van der Waals surface area contributed by atoms with Crippen LogP contribution >= 0.6 is 0 Å². The monoisotopic (exact) mass is 298 g/mol. The molecule has 110 valence electrons. The van der Waals surface area contributed by atoms with Gasteiger partial charge in [0, 0.05) is 11.3 Å². The molecule has 0 radical (unpaired) electrons. The fourth-order valence-corrected chi connectivity index (χ4v) is 1.76. The first-order valence-electron chi connectivity index (χ1n) is 6.44. The number of carbonyl (C=O) groups is 1. The van der Waals surface area contributed by atoms with Crippen molar-refractivity contribution in [1.82, 2.24) is 0 Å². The molecule has 2 aromatic carbocycles. The van der Waals surface area contributed by atoms with Crippen molar-refractivity contribution < 1.29 is 13.6 Å². The molecular weight excluding hydrogens is 286 g/mol. The summed E-state index contributed by atoms with van der Waals surface area (Å²) in [6, 6.07) is 11.5. The van der Waals surface area contributed by atoms with Crippen molar-refractivity contribution >= 4 is 17.7 Å². The fraction of sp³-hybridized carbons (Fsp3) is 0.0588. The van der Waals surface area contributed by atoms with Crippen LogP contribution in [0.1, 0.15) is 11.1 Å². The first-order chi connectivity index (χ1) is 10.5. The van der Waals surface area contributed by atoms with Gasteiger partial charge in [-0.2, -0.15) is 5.26 Å². The lowest BCUT2D eigenvalue weighted by atomic mass is 10.1. The first kappa shape index (κ1) is 15.4. The Kier molecular flexibility index (Phi) is 4.64. The Morgan fingerprint density at radius 2 is 1.86 bits per heavy atom. The Labute approximate surface area is 126 Å². The number of carbonyl (C=O) groups excluding carboxylic acids is 1. The number of aryl methyl sites for hydroxylation is 1. The largest absolute Gasteiger partial charge is 0.321 e. The minimum Gasteiger partial charge on any atom is -0.321 e. The summed E-state index contributed by atoms with van der Waals surface area (Å²) in [5.41, 5.74) is 1.06. The van der Waals surface area contributed by atoms with E-state index in [1.807, 2.05) is 6.92 Å². The molecule has 0 fully saturated rings. The molecule has 2 rings (SSSR count). The molecule has 0 atom stereocenters. The molecule has 5 heteroatoms. The highest BCUT2D eigenvalue weighted by atomic mass is 19.1. The van der Waals surface area contributed by atoms with Crippen molar-refractivity contribution in [3.05, 3.63) is 70.8 Å². The van der Waals surface area contributed by atoms with E-state index in [9.17, 15) is 13.6 Å². The summed E-state index contributed by atoms with van der Waals surface area (Å²) in [6.45, 7) is 1.90. The Balaban J connectivity index is 2.25. The van der Waals surface area contributed by atoms with Gasteiger partial charge in [0.15, 0.2) is 0 Å². The number of hydrogen-bond acceptors (Lipinski definition) is 2. The summed E-state index contributed by atoms with van der Waals surface area (Å²) in [7, 11) is 0. The molecule has 0 aliphatic rings. The lowest BCUT2D eigenvalue weighted by molar-refractivity contribution is -0.112. The van der Waals surface area contributed by atoms with Crippen LogP contribution in [0.3, 0.4) is 0 Å². The van der Waals surface area contributed by atoms with E-state index in [2.05, 4.69) is 5.32 Å². The fourth-order valence-electron chi connectivity index (χ4n) is 1.76. The van der Waals surface area contributed by atoms with Gasteiger partial charge in [-0.15, -0.1) is 0 Å². The second-order valence-corrected chi connectivity index (χ2v) is 4.66. The van der Waals surface area contributed by atoms with Crippen LogP contribution in [0, 0.1) is 29.9 Å². The number of anilines is 1. The smallest absolute Gasteiger partial charge is 0.266 e. The number of amides is 1. The van der Waals surface area contributed by atoms with E-state index in [-0.39, 0.29) is 11.1 Å². The normalized spacial score (nSPS) is 10.9. The van der Waals surface area contributed by atoms with Gasteiger partial charge in [-0.05, 0) is 43.3 Å². The van der Waals surface area contributed by atoms with Crippen LogP contribution in [-0.2, 0) is 4.79 Å². The van der Waals surface area contributed by atoms with E-state index in [0.717, 1.165) is 29.8 Å². The number of nitrogens with zero attached hydrogens (tertiary/aromatic N) is 1. The van der Waals surface area contributed by atoms with Gasteiger partial charge < -0.3 is 5.32 Å². The van der Waals surface area contributed by atoms with Crippen LogP contribution in [0.4, 0.5) is 14.5 Å². The van der Waals surface area contributed by atoms with Crippen molar-refractivity contribution in [1.29, 1.82) is 5.26 Å². The highest BCUT2D eigenvalue weighted by molar-refractivity contribution is 6.09. The van der Waals surface area contributed by atoms with E-state index in [4.69, 9.17) is 5.26 Å². The van der Waals surface area contributed by atoms with Gasteiger partial charge in [-0.1, -0.05) is 17.7 Å². The number of halogens is 2. The molecule has 0 aromatic heterocycles. The zero-order chi connectivity index (χ0) is 16.1. The minimum absolute atomic E-state index is 0.157. The molecule has 0 saturated heterocycles. The number of nitriles is 1. The van der Waals surface area contributed by atoms with Gasteiger partial charge in [0.1, 0.15) is 23.3 Å². The summed E-state index contributed by atoms with van der Waals surface area (Å²) in [5.74, 6) is -2.05. The van der Waals surface area contributed by atoms with Crippen molar-refractivity contribution in [3.8, 4) is 6.07 Å². The van der Waals surface area contributed by atoms with E-state index < -0.39 is 17.5 Å². The zero-order valence-corrected chi connectivity index (χ0v) is 11.7. The highest BCUT2D eigenvalue weighted by Crippen LogP contribution is 2.15. The maximum Gasteiger partial charge on any atom is 0.266 e. The SMILES string of the molecule is Cc1ccc(NC(=O)/C(C#N)=C/c2cc(F)ccc2F)cc1. The van der Waals surface area contributed by atoms with Crippen molar-refractivity contribution in [3.63, 3.8) is 0 Å². The Bertz CT molecular complexity index is 774. The van der Waals surface area contributed by atoms with Crippen molar-refractivity contribution in [2.45, 2.75) is 6.92 Å². The van der Waals surface area contributed by atoms with E-state index in [1.54, 1.807) is 30.3 Å². The molecule has 0 spiro atoms. The maximum absolute atomic E-state index is 13.5. The van der Waals surface area contributed by atoms with E-state index >= 15 is 0 Å². The third-order valence-corrected chi connectivity index (χ3v) is 2.93. The number of benzene rings is 2. The predicted octanol–water partition coefficient (Wildman–Crippen LogP) is 3.82. The quantitative estimate of drug-likeness (QED) is 0.692. The van der Waals surface area contributed by atoms with Gasteiger partial charge in [0.05, 0.1) is 0 Å². The molecule has 22 heavy (non-hydrogen) atoms. The summed E-state index contributed by atoms with van der Waals surface area (Å²) in [4.78, 5) is 12.0. The third kappa shape index (κ3) is 3.76. The van der Waals surface area contributed by atoms with Gasteiger partial charge in [0.25, 0.3) is 5.91 Å². The Morgan fingerprint density at radius 3 is 2.50 bits per heavy atom. The van der Waals surface area contributed by atoms with Crippen LogP contribution in [-0.4, -0.2) is 5.91 Å². The number of nitrogens with one attached hydrogen (secondary N) is 1. The zero-order valence-electron chi connectivity index (χ0n) is 11.7. The predicted molar refractivity (Wildman–Crippen MR) is 79.8 cm³/mol. The second-order valence-electron chi connectivity index (χ2n) is 4.66. The van der Waals surface area contributed by atoms with Crippen molar-refractivity contribution in [2.24, 2.45) is 0 Å². The average Bonchev–Trinajstić information content (AvgIpc) is 2.50. The Hall–Kier alpha value is -3.00. The van der Waals surface area contributed by atoms with Crippen LogP contribution in [0.25, 0.3) is 6.08 Å². The molecular formula is C17H12F2N2O. The lowest BCUT2D eigenvalue weighted by Gasteiger charge is -2.05. The van der Waals surface area contributed by atoms with Crippen LogP contribution in [0.2, 0.25) is 0 Å². The number of hydrogen-bond donors (Lipinski definition) is 1. The third-order valence-electron chi connectivity index (χ3n) is 2.93. The van der Waals surface area contributed by atoms with Gasteiger partial charge in [-0.25, -0.2) is 8.78 Å². The Morgan fingerprint density at radius 1 is 1.18 bits per heavy atom. The van der Waals surface area contributed by atoms with Crippen molar-refractivity contribution in [2.75, 3.05) is 5.32 Å². The second kappa shape index (κ2) is 6.64. The molecule has 1 N–H and O–H groups in total. The molecule has 2 aromatic rings. The first-order valence-corrected chi connectivity index (χ1v) is 6.44. The van der Waals surface area contributed by atoms with Crippen LogP contribution in [0.5, 0.6) is 0 Å². The molecule has 1 amide bonds. The molecule has 0 aliphatic heterocycles. The number of rotatable bonds is 3. The van der Waals surface area contributed by atoms with E-state index in [1.165, 1.54) is 0 Å². The molecule has 0 unspecified atom stereocenters. The molecule has 0 heterocycles. The topological polar surface area (TPSA) is 52.9 Å². The molecule has 0 bridgehead atoms. The summed E-state index contributed by atoms with van der Waals surface area (Å²) in [5, 5.41) is 11.6. The minimum atomic E-state index is -0.711. The lowest BCUT2D eigenvalue weighted by Crippen LogP contribution is -2.13. The van der Waals surface area contributed by atoms with Gasteiger partial charge in [0.2, 0.25) is 0 Å². The van der Waals surface area contributed by atoms with Crippen LogP contribution in [0.15, 0.2) is 48.0 Å². The molecule has 3 nitrogen and oxygen atoms in total. The van der Waals surface area contributed by atoms with Crippen LogP contribution < -0.4 is 5.32 Å². The molecule has 0 saturated carbocycles. The standard InChI is InChI=1S/C17H12F2N2O/c1-11-2-5-15(6-3-11)21-17(22)13(10-20)8-12-9-14(18)4-7-16(12)19/h2-9H,1H3,(H,21,22)/b13-8+. The summed E-state index contributed by atoms with van der Waals surface area (Å²) >= 11 is 0. The summed E-state index contributed by atoms with van der Waals surface area (Å²) in [6.07, 6.45) is 1.02. The van der Waals surface area contributed by atoms with E-state index in [0.29, 0.717) is 5.69 Å². The van der Waals surface area contributed by atoms with Gasteiger partial charge in [-0.3, -0.25) is 4.79 Å². The molecule has 0 aliphatic carbocycles. The summed E-state index contributed by atoms with van der Waals surface area (Å²) < 4.78 is 26.7. The highest BCUT2D eigenvalue weighted by Gasteiger charge is 2.11. The maximum atomic E-state index is 13.5. The van der Waals surface area contributed by atoms with Gasteiger partial charge >= 0.3 is 0 Å².